The Hall–Kier alpha value is -2.21. The van der Waals surface area contributed by atoms with Crippen molar-refractivity contribution >= 4 is 22.5 Å². The average Bonchev–Trinajstić information content (AvgIpc) is 2.68. The van der Waals surface area contributed by atoms with Crippen molar-refractivity contribution in [3.8, 4) is 0 Å². The number of nitrogens with zero attached hydrogens (tertiary/aromatic N) is 4. The number of ether oxygens (including phenoxy) is 1. The monoisotopic (exact) mass is 326 g/mol. The van der Waals surface area contributed by atoms with Gasteiger partial charge in [-0.2, -0.15) is 5.10 Å². The zero-order valence-electron chi connectivity index (χ0n) is 13.7. The third-order valence-electron chi connectivity index (χ3n) is 4.95. The summed E-state index contributed by atoms with van der Waals surface area (Å²) in [6, 6.07) is 8.17. The number of carbonyl (C=O) groups is 1. The molecule has 0 saturated carbocycles. The first kappa shape index (κ1) is 15.3. The summed E-state index contributed by atoms with van der Waals surface area (Å²) in [5.74, 6) is 1.21. The van der Waals surface area contributed by atoms with Gasteiger partial charge in [0.1, 0.15) is 0 Å². The molecule has 2 saturated heterocycles. The van der Waals surface area contributed by atoms with Gasteiger partial charge in [-0.25, -0.2) is 0 Å². The molecule has 0 aliphatic carbocycles. The van der Waals surface area contributed by atoms with Crippen LogP contribution in [0.4, 0.5) is 5.82 Å². The number of piperazine rings is 1. The van der Waals surface area contributed by atoms with Gasteiger partial charge in [0.2, 0.25) is 5.91 Å². The number of carbonyl (C=O) groups excluding carboxylic acids is 1. The van der Waals surface area contributed by atoms with E-state index >= 15 is 0 Å². The Morgan fingerprint density at radius 3 is 2.79 bits per heavy atom. The molecule has 0 spiro atoms. The van der Waals surface area contributed by atoms with Crippen molar-refractivity contribution in [3.05, 3.63) is 30.5 Å². The summed E-state index contributed by atoms with van der Waals surface area (Å²) in [5, 5.41) is 10.7. The number of rotatable bonds is 2. The van der Waals surface area contributed by atoms with Crippen molar-refractivity contribution in [2.24, 2.45) is 5.92 Å². The lowest BCUT2D eigenvalue weighted by Gasteiger charge is -2.37. The summed E-state index contributed by atoms with van der Waals surface area (Å²) in [4.78, 5) is 16.8. The van der Waals surface area contributed by atoms with Gasteiger partial charge in [-0.15, -0.1) is 5.10 Å². The number of benzene rings is 1. The van der Waals surface area contributed by atoms with Crippen molar-refractivity contribution in [3.63, 3.8) is 0 Å². The second kappa shape index (κ2) is 6.73. The lowest BCUT2D eigenvalue weighted by molar-refractivity contribution is -0.140. The van der Waals surface area contributed by atoms with Crippen LogP contribution < -0.4 is 4.90 Å². The highest BCUT2D eigenvalue weighted by atomic mass is 16.5. The number of fused-ring (bicyclic) bond motifs is 1. The van der Waals surface area contributed by atoms with E-state index in [9.17, 15) is 4.79 Å². The molecule has 2 fully saturated rings. The van der Waals surface area contributed by atoms with Crippen molar-refractivity contribution in [1.82, 2.24) is 15.1 Å². The molecular formula is C18H22N4O2. The van der Waals surface area contributed by atoms with Crippen molar-refractivity contribution in [2.75, 3.05) is 44.3 Å². The lowest BCUT2D eigenvalue weighted by atomic mass is 10.0. The highest BCUT2D eigenvalue weighted by Crippen LogP contribution is 2.25. The van der Waals surface area contributed by atoms with Crippen LogP contribution in [0.25, 0.3) is 10.8 Å². The fraction of sp³-hybridized carbons (Fsp3) is 0.500. The van der Waals surface area contributed by atoms with Gasteiger partial charge < -0.3 is 14.5 Å². The Kier molecular flexibility index (Phi) is 4.30. The second-order valence-electron chi connectivity index (χ2n) is 6.48. The van der Waals surface area contributed by atoms with Gasteiger partial charge in [0, 0.05) is 43.6 Å². The average molecular weight is 326 g/mol. The van der Waals surface area contributed by atoms with Gasteiger partial charge in [-0.1, -0.05) is 24.3 Å². The molecule has 0 bridgehead atoms. The van der Waals surface area contributed by atoms with E-state index in [1.165, 1.54) is 0 Å². The maximum Gasteiger partial charge on any atom is 0.228 e. The van der Waals surface area contributed by atoms with Crippen molar-refractivity contribution in [2.45, 2.75) is 12.8 Å². The fourth-order valence-electron chi connectivity index (χ4n) is 3.58. The minimum Gasteiger partial charge on any atom is -0.381 e. The molecule has 0 N–H and O–H groups in total. The molecule has 1 aromatic heterocycles. The molecule has 1 atom stereocenters. The highest BCUT2D eigenvalue weighted by molar-refractivity contribution is 5.91. The molecule has 3 heterocycles. The van der Waals surface area contributed by atoms with Crippen LogP contribution in [-0.4, -0.2) is 60.4 Å². The minimum atomic E-state index is 0.0441. The molecule has 2 aliphatic heterocycles. The fourth-order valence-corrected chi connectivity index (χ4v) is 3.58. The van der Waals surface area contributed by atoms with Gasteiger partial charge in [-0.05, 0) is 12.8 Å². The zero-order valence-corrected chi connectivity index (χ0v) is 13.7. The second-order valence-corrected chi connectivity index (χ2v) is 6.48. The first-order valence-corrected chi connectivity index (χ1v) is 8.65. The quantitative estimate of drug-likeness (QED) is 0.841. The third-order valence-corrected chi connectivity index (χ3v) is 4.95. The molecule has 1 amide bonds. The predicted octanol–water partition coefficient (Wildman–Crippen LogP) is 1.70. The normalized spacial score (nSPS) is 21.9. The zero-order chi connectivity index (χ0) is 16.4. The van der Waals surface area contributed by atoms with E-state index in [4.69, 9.17) is 4.74 Å². The van der Waals surface area contributed by atoms with Gasteiger partial charge in [0.15, 0.2) is 5.82 Å². The molecule has 1 aromatic carbocycles. The summed E-state index contributed by atoms with van der Waals surface area (Å²) in [6.45, 7) is 4.43. The van der Waals surface area contributed by atoms with Crippen LogP contribution in [0.15, 0.2) is 30.5 Å². The number of hydrogen-bond donors (Lipinski definition) is 0. The maximum absolute atomic E-state index is 12.6. The lowest BCUT2D eigenvalue weighted by Crippen LogP contribution is -2.51. The van der Waals surface area contributed by atoms with Crippen LogP contribution in [0, 0.1) is 5.92 Å². The van der Waals surface area contributed by atoms with Crippen LogP contribution in [0.1, 0.15) is 12.8 Å². The number of aromatic nitrogens is 2. The number of anilines is 1. The Morgan fingerprint density at radius 1 is 1.17 bits per heavy atom. The molecule has 126 valence electrons. The van der Waals surface area contributed by atoms with Gasteiger partial charge in [0.05, 0.1) is 18.7 Å². The first-order chi connectivity index (χ1) is 11.8. The van der Waals surface area contributed by atoms with E-state index in [0.29, 0.717) is 6.61 Å². The van der Waals surface area contributed by atoms with Gasteiger partial charge in [-0.3, -0.25) is 4.79 Å². The molecule has 24 heavy (non-hydrogen) atoms. The minimum absolute atomic E-state index is 0.0441. The standard InChI is InChI=1S/C18H22N4O2/c23-18(15-5-3-11-24-13-15)22-9-7-21(8-10-22)17-16-6-2-1-4-14(16)12-19-20-17/h1-2,4,6,12,15H,3,5,7-11,13H2/t15-/m1/s1. The summed E-state index contributed by atoms with van der Waals surface area (Å²) in [6.07, 6.45) is 3.73. The number of hydrogen-bond acceptors (Lipinski definition) is 5. The summed E-state index contributed by atoms with van der Waals surface area (Å²) in [5.41, 5.74) is 0. The first-order valence-electron chi connectivity index (χ1n) is 8.65. The van der Waals surface area contributed by atoms with Crippen LogP contribution >= 0.6 is 0 Å². The molecule has 6 nitrogen and oxygen atoms in total. The van der Waals surface area contributed by atoms with E-state index in [2.05, 4.69) is 27.2 Å². The van der Waals surface area contributed by atoms with E-state index in [-0.39, 0.29) is 11.8 Å². The molecule has 4 rings (SSSR count). The Balaban J connectivity index is 1.45. The Labute approximate surface area is 141 Å². The van der Waals surface area contributed by atoms with Gasteiger partial charge >= 0.3 is 0 Å². The molecule has 0 unspecified atom stereocenters. The van der Waals surface area contributed by atoms with Crippen LogP contribution in [0.5, 0.6) is 0 Å². The summed E-state index contributed by atoms with van der Waals surface area (Å²) >= 11 is 0. The summed E-state index contributed by atoms with van der Waals surface area (Å²) < 4.78 is 5.46. The topological polar surface area (TPSA) is 58.6 Å². The summed E-state index contributed by atoms with van der Waals surface area (Å²) in [7, 11) is 0. The van der Waals surface area contributed by atoms with Crippen LogP contribution in [0.3, 0.4) is 0 Å². The van der Waals surface area contributed by atoms with Crippen molar-refractivity contribution in [1.29, 1.82) is 0 Å². The van der Waals surface area contributed by atoms with Gasteiger partial charge in [0.25, 0.3) is 0 Å². The highest BCUT2D eigenvalue weighted by Gasteiger charge is 2.29. The van der Waals surface area contributed by atoms with E-state index in [1.54, 1.807) is 6.20 Å². The molecule has 6 heteroatoms. The van der Waals surface area contributed by atoms with Crippen molar-refractivity contribution < 1.29 is 9.53 Å². The molecular weight excluding hydrogens is 304 g/mol. The maximum atomic E-state index is 12.6. The number of amides is 1. The Morgan fingerprint density at radius 2 is 2.00 bits per heavy atom. The third kappa shape index (κ3) is 2.94. The van der Waals surface area contributed by atoms with Crippen LogP contribution in [-0.2, 0) is 9.53 Å². The van der Waals surface area contributed by atoms with E-state index in [1.807, 2.05) is 17.0 Å². The molecule has 0 radical (unpaired) electrons. The largest absolute Gasteiger partial charge is 0.381 e. The predicted molar refractivity (Wildman–Crippen MR) is 91.9 cm³/mol. The molecule has 2 aromatic rings. The van der Waals surface area contributed by atoms with Crippen LogP contribution in [0.2, 0.25) is 0 Å². The molecule has 2 aliphatic rings. The smallest absolute Gasteiger partial charge is 0.228 e. The Bertz CT molecular complexity index is 717. The van der Waals surface area contributed by atoms with E-state index < -0.39 is 0 Å². The van der Waals surface area contributed by atoms with E-state index in [0.717, 1.165) is 62.2 Å². The SMILES string of the molecule is O=C([C@@H]1CCCOC1)N1CCN(c2nncc3ccccc23)CC1.